The maximum atomic E-state index is 12.8. The number of carbonyl (C=O) groups excluding carboxylic acids is 2. The van der Waals surface area contributed by atoms with Crippen LogP contribution in [0.5, 0.6) is 0 Å². The molecule has 0 atom stereocenters. The van der Waals surface area contributed by atoms with E-state index in [4.69, 9.17) is 14.2 Å². The first kappa shape index (κ1) is 24.2. The van der Waals surface area contributed by atoms with Gasteiger partial charge in [-0.05, 0) is 42.5 Å². The van der Waals surface area contributed by atoms with Crippen LogP contribution in [0, 0.1) is 6.92 Å². The molecule has 174 valence electrons. The second kappa shape index (κ2) is 12.0. The number of ether oxygens (including phenoxy) is 3. The van der Waals surface area contributed by atoms with E-state index in [0.717, 1.165) is 52.4 Å². The molecular formula is C24H32N2O5S. The van der Waals surface area contributed by atoms with E-state index in [-0.39, 0.29) is 18.6 Å². The molecule has 3 rings (SSSR count). The smallest absolute Gasteiger partial charge is 0.409 e. The number of rotatable bonds is 10. The van der Waals surface area contributed by atoms with Gasteiger partial charge in [0, 0.05) is 38.7 Å². The van der Waals surface area contributed by atoms with E-state index in [1.165, 1.54) is 4.90 Å². The topological polar surface area (TPSA) is 68.3 Å². The van der Waals surface area contributed by atoms with Crippen molar-refractivity contribution in [2.75, 3.05) is 53.7 Å². The molecule has 32 heavy (non-hydrogen) atoms. The largest absolute Gasteiger partial charge is 0.447 e. The summed E-state index contributed by atoms with van der Waals surface area (Å²) in [5.41, 5.74) is 3.10. The van der Waals surface area contributed by atoms with E-state index in [9.17, 15) is 9.59 Å². The first-order valence-electron chi connectivity index (χ1n) is 10.9. The standard InChI is InChI=1S/C24H32N2O5S/c1-18-16-21(32-22(18)23(27)26-10-4-5-11-26)20-8-6-19(7-9-20)17-25(2)24(28)31-15-14-30-13-12-29-3/h6-9,16H,4-5,10-15,17H2,1-3H3. The molecule has 1 aromatic heterocycles. The molecule has 0 spiro atoms. The van der Waals surface area contributed by atoms with E-state index in [2.05, 4.69) is 6.07 Å². The van der Waals surface area contributed by atoms with E-state index in [1.807, 2.05) is 36.1 Å². The van der Waals surface area contributed by atoms with Crippen molar-refractivity contribution in [2.24, 2.45) is 0 Å². The molecule has 1 saturated heterocycles. The SMILES string of the molecule is COCCOCCOC(=O)N(C)Cc1ccc(-c2cc(C)c(C(=O)N3CCCC3)s2)cc1. The van der Waals surface area contributed by atoms with Gasteiger partial charge in [-0.3, -0.25) is 4.79 Å². The Balaban J connectivity index is 1.52. The Kier molecular flexibility index (Phi) is 9.08. The van der Waals surface area contributed by atoms with Crippen LogP contribution in [-0.2, 0) is 20.8 Å². The molecule has 1 fully saturated rings. The van der Waals surface area contributed by atoms with Gasteiger partial charge in [0.1, 0.15) is 6.61 Å². The van der Waals surface area contributed by atoms with Gasteiger partial charge in [-0.15, -0.1) is 11.3 Å². The molecule has 0 aliphatic carbocycles. The fourth-order valence-corrected chi connectivity index (χ4v) is 4.70. The average molecular weight is 461 g/mol. The summed E-state index contributed by atoms with van der Waals surface area (Å²) in [4.78, 5) is 30.3. The zero-order chi connectivity index (χ0) is 22.9. The van der Waals surface area contributed by atoms with Gasteiger partial charge in [-0.1, -0.05) is 24.3 Å². The van der Waals surface area contributed by atoms with Gasteiger partial charge in [0.15, 0.2) is 0 Å². The summed E-state index contributed by atoms with van der Waals surface area (Å²) in [5.74, 6) is 0.150. The van der Waals surface area contributed by atoms with Crippen molar-refractivity contribution in [1.82, 2.24) is 9.80 Å². The van der Waals surface area contributed by atoms with Crippen molar-refractivity contribution >= 4 is 23.3 Å². The van der Waals surface area contributed by atoms with E-state index in [0.29, 0.717) is 26.4 Å². The third-order valence-corrected chi connectivity index (χ3v) is 6.63. The summed E-state index contributed by atoms with van der Waals surface area (Å²) < 4.78 is 15.4. The lowest BCUT2D eigenvalue weighted by Gasteiger charge is -2.17. The number of methoxy groups -OCH3 is 1. The van der Waals surface area contributed by atoms with Crippen LogP contribution < -0.4 is 0 Å². The third kappa shape index (κ3) is 6.54. The monoisotopic (exact) mass is 460 g/mol. The Labute approximate surface area is 193 Å². The van der Waals surface area contributed by atoms with E-state index >= 15 is 0 Å². The molecule has 0 radical (unpaired) electrons. The summed E-state index contributed by atoms with van der Waals surface area (Å²) in [5, 5.41) is 0. The maximum absolute atomic E-state index is 12.8. The van der Waals surface area contributed by atoms with Crippen LogP contribution in [0.3, 0.4) is 0 Å². The Morgan fingerprint density at radius 3 is 2.44 bits per heavy atom. The predicted molar refractivity (Wildman–Crippen MR) is 125 cm³/mol. The molecular weight excluding hydrogens is 428 g/mol. The number of nitrogens with zero attached hydrogens (tertiary/aromatic N) is 2. The molecule has 0 unspecified atom stereocenters. The first-order chi connectivity index (χ1) is 15.5. The van der Waals surface area contributed by atoms with Crippen molar-refractivity contribution in [3.63, 3.8) is 0 Å². The van der Waals surface area contributed by atoms with E-state index < -0.39 is 0 Å². The van der Waals surface area contributed by atoms with Crippen LogP contribution in [0.4, 0.5) is 4.79 Å². The Morgan fingerprint density at radius 2 is 1.75 bits per heavy atom. The van der Waals surface area contributed by atoms with Gasteiger partial charge in [-0.25, -0.2) is 4.79 Å². The summed E-state index contributed by atoms with van der Waals surface area (Å²) in [6, 6.07) is 10.2. The highest BCUT2D eigenvalue weighted by Crippen LogP contribution is 2.33. The Morgan fingerprint density at radius 1 is 1.06 bits per heavy atom. The van der Waals surface area contributed by atoms with Crippen LogP contribution in [0.15, 0.2) is 30.3 Å². The number of carbonyl (C=O) groups is 2. The highest BCUT2D eigenvalue weighted by Gasteiger charge is 2.23. The van der Waals surface area contributed by atoms with Crippen molar-refractivity contribution in [1.29, 1.82) is 0 Å². The number of amides is 2. The maximum Gasteiger partial charge on any atom is 0.409 e. The van der Waals surface area contributed by atoms with Gasteiger partial charge in [-0.2, -0.15) is 0 Å². The van der Waals surface area contributed by atoms with Crippen molar-refractivity contribution in [3.05, 3.63) is 46.3 Å². The molecule has 2 amide bonds. The van der Waals surface area contributed by atoms with Crippen LogP contribution in [0.1, 0.15) is 33.6 Å². The zero-order valence-electron chi connectivity index (χ0n) is 19.1. The summed E-state index contributed by atoms with van der Waals surface area (Å²) in [6.07, 6.45) is 1.80. The first-order valence-corrected chi connectivity index (χ1v) is 11.7. The second-order valence-corrected chi connectivity index (χ2v) is 8.95. The minimum absolute atomic E-state index is 0.150. The lowest BCUT2D eigenvalue weighted by Crippen LogP contribution is -2.28. The van der Waals surface area contributed by atoms with Crippen molar-refractivity contribution < 1.29 is 23.8 Å². The molecule has 0 bridgehead atoms. The molecule has 7 nitrogen and oxygen atoms in total. The van der Waals surface area contributed by atoms with Crippen LogP contribution >= 0.6 is 11.3 Å². The molecule has 2 aromatic rings. The van der Waals surface area contributed by atoms with Crippen LogP contribution in [0.2, 0.25) is 0 Å². The van der Waals surface area contributed by atoms with E-state index in [1.54, 1.807) is 25.5 Å². The lowest BCUT2D eigenvalue weighted by atomic mass is 10.1. The fourth-order valence-electron chi connectivity index (χ4n) is 3.56. The van der Waals surface area contributed by atoms with Crippen LogP contribution in [0.25, 0.3) is 10.4 Å². The molecule has 1 aliphatic rings. The number of thiophene rings is 1. The average Bonchev–Trinajstić information content (AvgIpc) is 3.46. The summed E-state index contributed by atoms with van der Waals surface area (Å²) in [6.45, 7) is 5.72. The minimum atomic E-state index is -0.386. The summed E-state index contributed by atoms with van der Waals surface area (Å²) >= 11 is 1.55. The number of benzene rings is 1. The molecule has 1 aliphatic heterocycles. The normalized spacial score (nSPS) is 13.4. The van der Waals surface area contributed by atoms with Crippen molar-refractivity contribution in [3.8, 4) is 10.4 Å². The highest BCUT2D eigenvalue weighted by molar-refractivity contribution is 7.17. The van der Waals surface area contributed by atoms with Gasteiger partial charge < -0.3 is 24.0 Å². The Hall–Kier alpha value is -2.42. The molecule has 0 saturated carbocycles. The summed E-state index contributed by atoms with van der Waals surface area (Å²) in [7, 11) is 3.32. The predicted octanol–water partition coefficient (Wildman–Crippen LogP) is 4.19. The highest BCUT2D eigenvalue weighted by atomic mass is 32.1. The van der Waals surface area contributed by atoms with Gasteiger partial charge in [0.25, 0.3) is 5.91 Å². The number of hydrogen-bond donors (Lipinski definition) is 0. The molecule has 2 heterocycles. The minimum Gasteiger partial charge on any atom is -0.447 e. The molecule has 0 N–H and O–H groups in total. The van der Waals surface area contributed by atoms with Gasteiger partial charge in [0.05, 0.1) is 24.7 Å². The fraction of sp³-hybridized carbons (Fsp3) is 0.500. The molecule has 8 heteroatoms. The third-order valence-electron chi connectivity index (χ3n) is 5.36. The van der Waals surface area contributed by atoms with Crippen LogP contribution in [-0.4, -0.2) is 75.5 Å². The number of likely N-dealkylation sites (tertiary alicyclic amines) is 1. The quantitative estimate of drug-likeness (QED) is 0.497. The Bertz CT molecular complexity index is 890. The lowest BCUT2D eigenvalue weighted by molar-refractivity contribution is 0.0345. The molecule has 1 aromatic carbocycles. The number of aryl methyl sites for hydroxylation is 1. The van der Waals surface area contributed by atoms with Gasteiger partial charge >= 0.3 is 6.09 Å². The number of hydrogen-bond acceptors (Lipinski definition) is 6. The second-order valence-electron chi connectivity index (χ2n) is 7.89. The zero-order valence-corrected chi connectivity index (χ0v) is 19.9. The van der Waals surface area contributed by atoms with Crippen molar-refractivity contribution in [2.45, 2.75) is 26.3 Å². The van der Waals surface area contributed by atoms with Gasteiger partial charge in [0.2, 0.25) is 0 Å².